The largest absolute Gasteiger partial charge is 0.294 e. The van der Waals surface area contributed by atoms with Gasteiger partial charge in [-0.15, -0.1) is 0 Å². The minimum Gasteiger partial charge on any atom is -0.294 e. The number of carbonyl (C=O) groups excluding carboxylic acids is 1. The number of hydrogen-bond acceptors (Lipinski definition) is 3. The second-order valence-corrected chi connectivity index (χ2v) is 4.15. The topological polar surface area (TPSA) is 72.9 Å². The molecule has 78 valence electrons. The number of nitrogens with zero attached hydrogens (tertiary/aromatic N) is 2. The van der Waals surface area contributed by atoms with Gasteiger partial charge in [-0.2, -0.15) is 5.10 Å². The molecule has 0 aromatic carbocycles. The Balaban J connectivity index is 2.72. The van der Waals surface area contributed by atoms with Crippen molar-refractivity contribution in [3.63, 3.8) is 0 Å². The Labute approximate surface area is 87.2 Å². The maximum absolute atomic E-state index is 11.3. The molecule has 1 aromatic heterocycles. The molecule has 6 heteroatoms. The van der Waals surface area contributed by atoms with E-state index in [1.807, 2.05) is 0 Å². The Bertz CT molecular complexity index is 334. The van der Waals surface area contributed by atoms with Crippen molar-refractivity contribution in [1.29, 1.82) is 0 Å². The average molecular weight is 217 g/mol. The van der Waals surface area contributed by atoms with Crippen LogP contribution in [-0.4, -0.2) is 15.7 Å². The van der Waals surface area contributed by atoms with E-state index in [-0.39, 0.29) is 5.91 Å². The summed E-state index contributed by atoms with van der Waals surface area (Å²) in [5, 5.41) is 4.53. The molecule has 0 saturated carbocycles. The van der Waals surface area contributed by atoms with Gasteiger partial charge in [0.1, 0.15) is 0 Å². The number of rotatable bonds is 3. The van der Waals surface area contributed by atoms with Gasteiger partial charge in [-0.3, -0.25) is 14.9 Å². The Hall–Kier alpha value is -1.07. The Morgan fingerprint density at radius 1 is 1.79 bits per heavy atom. The minimum absolute atomic E-state index is 0.232. The summed E-state index contributed by atoms with van der Waals surface area (Å²) >= 11 is 5.69. The molecule has 1 amide bonds. The third-order valence-corrected chi connectivity index (χ3v) is 2.10. The van der Waals surface area contributed by atoms with Gasteiger partial charge in [-0.05, 0) is 13.8 Å². The molecule has 0 saturated heterocycles. The summed E-state index contributed by atoms with van der Waals surface area (Å²) in [6.45, 7) is 4.00. The maximum atomic E-state index is 11.3. The van der Waals surface area contributed by atoms with Crippen LogP contribution in [-0.2, 0) is 11.3 Å². The van der Waals surface area contributed by atoms with Gasteiger partial charge in [0.25, 0.3) is 0 Å². The van der Waals surface area contributed by atoms with E-state index < -0.39 is 5.41 Å². The third-order valence-electron chi connectivity index (χ3n) is 1.90. The number of nitrogens with one attached hydrogen (secondary N) is 1. The summed E-state index contributed by atoms with van der Waals surface area (Å²) in [6, 6.07) is 0. The van der Waals surface area contributed by atoms with Crippen LogP contribution in [0.2, 0.25) is 5.02 Å². The van der Waals surface area contributed by atoms with Gasteiger partial charge in [0.2, 0.25) is 5.91 Å². The monoisotopic (exact) mass is 216 g/mol. The lowest BCUT2D eigenvalue weighted by atomic mass is 9.93. The molecule has 0 atom stereocenters. The highest BCUT2D eigenvalue weighted by Gasteiger charge is 2.27. The van der Waals surface area contributed by atoms with E-state index in [1.54, 1.807) is 24.7 Å². The fourth-order valence-corrected chi connectivity index (χ4v) is 1.25. The van der Waals surface area contributed by atoms with Crippen LogP contribution in [0.3, 0.4) is 0 Å². The van der Waals surface area contributed by atoms with Crippen LogP contribution in [0.1, 0.15) is 13.8 Å². The van der Waals surface area contributed by atoms with E-state index >= 15 is 0 Å². The van der Waals surface area contributed by atoms with E-state index in [0.717, 1.165) is 0 Å². The predicted molar refractivity (Wildman–Crippen MR) is 53.3 cm³/mol. The Morgan fingerprint density at radius 2 is 2.43 bits per heavy atom. The predicted octanol–water partition coefficient (Wildman–Crippen LogP) is 0.553. The van der Waals surface area contributed by atoms with Gasteiger partial charge in [0.15, 0.2) is 0 Å². The number of aromatic nitrogens is 2. The van der Waals surface area contributed by atoms with Crippen LogP contribution < -0.4 is 11.3 Å². The summed E-state index contributed by atoms with van der Waals surface area (Å²) < 4.78 is 1.61. The third kappa shape index (κ3) is 2.46. The molecule has 3 N–H and O–H groups in total. The minimum atomic E-state index is -0.607. The lowest BCUT2D eigenvalue weighted by molar-refractivity contribution is -0.130. The molecule has 0 bridgehead atoms. The standard InChI is InChI=1S/C8H13ClN4O/c1-8(2,7(14)12-10)5-13-4-6(9)3-11-13/h3-4H,5,10H2,1-2H3,(H,12,14). The summed E-state index contributed by atoms with van der Waals surface area (Å²) in [5.74, 6) is 4.83. The normalized spacial score (nSPS) is 11.4. The molecule has 0 fully saturated rings. The fourth-order valence-electron chi connectivity index (χ4n) is 1.10. The quantitative estimate of drug-likeness (QED) is 0.440. The van der Waals surface area contributed by atoms with E-state index in [1.165, 1.54) is 6.20 Å². The van der Waals surface area contributed by atoms with Crippen LogP contribution in [0.15, 0.2) is 12.4 Å². The molecule has 0 aliphatic carbocycles. The van der Waals surface area contributed by atoms with Gasteiger partial charge in [0, 0.05) is 6.20 Å². The van der Waals surface area contributed by atoms with Crippen LogP contribution in [0, 0.1) is 5.41 Å². The molecular weight excluding hydrogens is 204 g/mol. The molecule has 14 heavy (non-hydrogen) atoms. The smallest absolute Gasteiger partial charge is 0.241 e. The van der Waals surface area contributed by atoms with Crippen LogP contribution in [0.4, 0.5) is 0 Å². The summed E-state index contributed by atoms with van der Waals surface area (Å²) in [5.41, 5.74) is 1.51. The average Bonchev–Trinajstić information content (AvgIpc) is 2.48. The zero-order valence-electron chi connectivity index (χ0n) is 8.12. The second kappa shape index (κ2) is 3.98. The van der Waals surface area contributed by atoms with E-state index in [2.05, 4.69) is 10.5 Å². The van der Waals surface area contributed by atoms with E-state index in [9.17, 15) is 4.79 Å². The van der Waals surface area contributed by atoms with Gasteiger partial charge >= 0.3 is 0 Å². The molecule has 1 heterocycles. The molecular formula is C8H13ClN4O. The highest BCUT2D eigenvalue weighted by Crippen LogP contribution is 2.18. The Morgan fingerprint density at radius 3 is 2.86 bits per heavy atom. The van der Waals surface area contributed by atoms with Crippen molar-refractivity contribution in [2.75, 3.05) is 0 Å². The molecule has 1 aromatic rings. The highest BCUT2D eigenvalue weighted by atomic mass is 35.5. The first-order chi connectivity index (χ1) is 6.45. The molecule has 0 aliphatic heterocycles. The second-order valence-electron chi connectivity index (χ2n) is 3.71. The van der Waals surface area contributed by atoms with Gasteiger partial charge in [0.05, 0.1) is 23.2 Å². The summed E-state index contributed by atoms with van der Waals surface area (Å²) in [7, 11) is 0. The van der Waals surface area contributed by atoms with Crippen molar-refractivity contribution in [3.8, 4) is 0 Å². The van der Waals surface area contributed by atoms with E-state index in [4.69, 9.17) is 17.4 Å². The van der Waals surface area contributed by atoms with Crippen molar-refractivity contribution in [2.45, 2.75) is 20.4 Å². The lowest BCUT2D eigenvalue weighted by Crippen LogP contribution is -2.43. The maximum Gasteiger partial charge on any atom is 0.241 e. The number of hydrogen-bond donors (Lipinski definition) is 2. The first kappa shape index (κ1) is 11.0. The molecule has 1 rings (SSSR count). The van der Waals surface area contributed by atoms with Gasteiger partial charge in [-0.1, -0.05) is 11.6 Å². The first-order valence-electron chi connectivity index (χ1n) is 4.15. The van der Waals surface area contributed by atoms with Crippen molar-refractivity contribution < 1.29 is 4.79 Å². The van der Waals surface area contributed by atoms with Crippen molar-refractivity contribution in [1.82, 2.24) is 15.2 Å². The zero-order valence-corrected chi connectivity index (χ0v) is 8.88. The fraction of sp³-hybridized carbons (Fsp3) is 0.500. The molecule has 5 nitrogen and oxygen atoms in total. The molecule has 0 unspecified atom stereocenters. The number of nitrogens with two attached hydrogens (primary N) is 1. The number of hydrazine groups is 1. The van der Waals surface area contributed by atoms with Crippen molar-refractivity contribution in [2.24, 2.45) is 11.3 Å². The lowest BCUT2D eigenvalue weighted by Gasteiger charge is -2.21. The number of carbonyl (C=O) groups is 1. The molecule has 0 aliphatic rings. The van der Waals surface area contributed by atoms with Gasteiger partial charge < -0.3 is 0 Å². The van der Waals surface area contributed by atoms with Crippen LogP contribution >= 0.6 is 11.6 Å². The summed E-state index contributed by atoms with van der Waals surface area (Å²) in [6.07, 6.45) is 3.19. The molecule has 0 radical (unpaired) electrons. The number of amides is 1. The molecule has 0 spiro atoms. The van der Waals surface area contributed by atoms with Crippen molar-refractivity contribution in [3.05, 3.63) is 17.4 Å². The van der Waals surface area contributed by atoms with Crippen LogP contribution in [0.5, 0.6) is 0 Å². The van der Waals surface area contributed by atoms with Crippen LogP contribution in [0.25, 0.3) is 0 Å². The van der Waals surface area contributed by atoms with E-state index in [0.29, 0.717) is 11.6 Å². The summed E-state index contributed by atoms with van der Waals surface area (Å²) in [4.78, 5) is 11.3. The zero-order chi connectivity index (χ0) is 10.8. The van der Waals surface area contributed by atoms with Crippen molar-refractivity contribution >= 4 is 17.5 Å². The SMILES string of the molecule is CC(C)(Cn1cc(Cl)cn1)C(=O)NN. The highest BCUT2D eigenvalue weighted by molar-refractivity contribution is 6.30. The van der Waals surface area contributed by atoms with Gasteiger partial charge in [-0.25, -0.2) is 5.84 Å². The Kier molecular flexibility index (Phi) is 3.13. The number of halogens is 1. The first-order valence-corrected chi connectivity index (χ1v) is 4.52.